The number of aliphatic hydroxyl groups excluding tert-OH is 1. The Morgan fingerprint density at radius 3 is 2.93 bits per heavy atom. The number of piperidine rings is 1. The monoisotopic (exact) mass is 195 g/mol. The highest BCUT2D eigenvalue weighted by atomic mass is 16.3. The summed E-state index contributed by atoms with van der Waals surface area (Å²) in [6.07, 6.45) is 6.14. The number of carbonyl (C=O) groups excluding carboxylic acids is 1. The summed E-state index contributed by atoms with van der Waals surface area (Å²) in [7, 11) is 0. The lowest BCUT2D eigenvalue weighted by Gasteiger charge is -2.42. The van der Waals surface area contributed by atoms with E-state index in [-0.39, 0.29) is 17.4 Å². The van der Waals surface area contributed by atoms with E-state index in [0.717, 1.165) is 32.2 Å². The third-order valence-corrected chi connectivity index (χ3v) is 4.49. The highest BCUT2D eigenvalue weighted by molar-refractivity contribution is 5.85. The van der Waals surface area contributed by atoms with Crippen molar-refractivity contribution in [2.45, 2.75) is 50.2 Å². The largest absolute Gasteiger partial charge is 0.383 e. The molecule has 1 N–H and O–H groups in total. The smallest absolute Gasteiger partial charge is 0.252 e. The molecule has 3 nitrogen and oxygen atoms in total. The number of rotatable bonds is 0. The van der Waals surface area contributed by atoms with Crippen LogP contribution in [0.25, 0.3) is 0 Å². The van der Waals surface area contributed by atoms with Crippen LogP contribution in [0.1, 0.15) is 38.5 Å². The molecule has 2 aliphatic heterocycles. The summed E-state index contributed by atoms with van der Waals surface area (Å²) in [6, 6.07) is 0. The first-order valence-corrected chi connectivity index (χ1v) is 5.75. The van der Waals surface area contributed by atoms with Gasteiger partial charge in [0.2, 0.25) is 0 Å². The van der Waals surface area contributed by atoms with Gasteiger partial charge in [0.05, 0.1) is 0 Å². The quantitative estimate of drug-likeness (QED) is 0.624. The Bertz CT molecular complexity index is 278. The van der Waals surface area contributed by atoms with Gasteiger partial charge in [0.15, 0.2) is 0 Å². The van der Waals surface area contributed by atoms with Crippen molar-refractivity contribution in [1.29, 1.82) is 0 Å². The SMILES string of the molecule is O=C1[C@H](O)[C@H]2CCC[C@]23CCCCN13. The molecular weight excluding hydrogens is 178 g/mol. The molecule has 0 aromatic rings. The number of carbonyl (C=O) groups is 1. The van der Waals surface area contributed by atoms with Crippen LogP contribution in [0.4, 0.5) is 0 Å². The Hall–Kier alpha value is -0.570. The Balaban J connectivity index is 2.02. The lowest BCUT2D eigenvalue weighted by molar-refractivity contribution is -0.138. The van der Waals surface area contributed by atoms with Crippen molar-refractivity contribution >= 4 is 5.91 Å². The van der Waals surface area contributed by atoms with Gasteiger partial charge in [-0.25, -0.2) is 0 Å². The Morgan fingerprint density at radius 2 is 2.07 bits per heavy atom. The Morgan fingerprint density at radius 1 is 1.29 bits per heavy atom. The van der Waals surface area contributed by atoms with Crippen LogP contribution in [0.15, 0.2) is 0 Å². The summed E-state index contributed by atoms with van der Waals surface area (Å²) in [6.45, 7) is 0.881. The minimum absolute atomic E-state index is 0.00870. The fourth-order valence-electron chi connectivity index (χ4n) is 3.90. The standard InChI is InChI=1S/C11H17NO2/c13-9-8-4-3-6-11(8)5-1-2-7-12(11)10(9)14/h8-9,13H,1-7H2/t8-,9-,11-/m1/s1. The minimum Gasteiger partial charge on any atom is -0.383 e. The van der Waals surface area contributed by atoms with E-state index in [4.69, 9.17) is 0 Å². The van der Waals surface area contributed by atoms with Gasteiger partial charge in [0.1, 0.15) is 6.10 Å². The molecule has 1 aliphatic carbocycles. The molecule has 2 saturated heterocycles. The third-order valence-electron chi connectivity index (χ3n) is 4.49. The number of aliphatic hydroxyl groups is 1. The molecule has 0 unspecified atom stereocenters. The second kappa shape index (κ2) is 2.72. The van der Waals surface area contributed by atoms with Crippen LogP contribution in [0.5, 0.6) is 0 Å². The van der Waals surface area contributed by atoms with Crippen LogP contribution in [0, 0.1) is 5.92 Å². The maximum Gasteiger partial charge on any atom is 0.252 e. The predicted octanol–water partition coefficient (Wildman–Crippen LogP) is 0.912. The highest BCUT2D eigenvalue weighted by Gasteiger charge is 2.60. The first-order valence-electron chi connectivity index (χ1n) is 5.75. The average molecular weight is 195 g/mol. The molecule has 2 heterocycles. The lowest BCUT2D eigenvalue weighted by atomic mass is 9.80. The molecule has 0 aromatic heterocycles. The Labute approximate surface area is 84.1 Å². The van der Waals surface area contributed by atoms with Crippen LogP contribution in [0.2, 0.25) is 0 Å². The molecule has 3 atom stereocenters. The average Bonchev–Trinajstić information content (AvgIpc) is 2.68. The first-order chi connectivity index (χ1) is 6.76. The Kier molecular flexibility index (Phi) is 1.69. The summed E-state index contributed by atoms with van der Waals surface area (Å²) in [5.41, 5.74) is 0.0781. The predicted molar refractivity (Wildman–Crippen MR) is 51.6 cm³/mol. The van der Waals surface area contributed by atoms with E-state index in [9.17, 15) is 9.90 Å². The molecule has 1 amide bonds. The first kappa shape index (κ1) is 8.72. The molecule has 0 aromatic carbocycles. The topological polar surface area (TPSA) is 40.5 Å². The van der Waals surface area contributed by atoms with E-state index in [1.807, 2.05) is 4.90 Å². The molecule has 3 heteroatoms. The van der Waals surface area contributed by atoms with Crippen LogP contribution in [-0.4, -0.2) is 34.1 Å². The van der Waals surface area contributed by atoms with Crippen LogP contribution in [0.3, 0.4) is 0 Å². The molecule has 3 rings (SSSR count). The molecule has 78 valence electrons. The lowest BCUT2D eigenvalue weighted by Crippen LogP contribution is -2.49. The minimum atomic E-state index is -0.685. The van der Waals surface area contributed by atoms with Crippen LogP contribution < -0.4 is 0 Å². The summed E-state index contributed by atoms with van der Waals surface area (Å²) in [5, 5.41) is 9.90. The van der Waals surface area contributed by atoms with E-state index in [2.05, 4.69) is 0 Å². The summed E-state index contributed by atoms with van der Waals surface area (Å²) < 4.78 is 0. The molecule has 0 bridgehead atoms. The molecule has 14 heavy (non-hydrogen) atoms. The summed E-state index contributed by atoms with van der Waals surface area (Å²) in [5.74, 6) is 0.254. The van der Waals surface area contributed by atoms with Gasteiger partial charge < -0.3 is 10.0 Å². The van der Waals surface area contributed by atoms with Gasteiger partial charge in [-0.3, -0.25) is 4.79 Å². The number of hydrogen-bond acceptors (Lipinski definition) is 2. The number of hydrogen-bond donors (Lipinski definition) is 1. The second-order valence-corrected chi connectivity index (χ2v) is 4.99. The molecule has 0 radical (unpaired) electrons. The van der Waals surface area contributed by atoms with Gasteiger partial charge in [-0.15, -0.1) is 0 Å². The fraction of sp³-hybridized carbons (Fsp3) is 0.909. The molecule has 3 fully saturated rings. The summed E-state index contributed by atoms with van der Waals surface area (Å²) >= 11 is 0. The van der Waals surface area contributed by atoms with Gasteiger partial charge in [0, 0.05) is 18.0 Å². The molecule has 1 saturated carbocycles. The van der Waals surface area contributed by atoms with Gasteiger partial charge >= 0.3 is 0 Å². The van der Waals surface area contributed by atoms with Gasteiger partial charge in [-0.05, 0) is 32.1 Å². The van der Waals surface area contributed by atoms with E-state index in [0.29, 0.717) is 0 Å². The third kappa shape index (κ3) is 0.842. The zero-order valence-corrected chi connectivity index (χ0v) is 8.41. The number of amides is 1. The van der Waals surface area contributed by atoms with Crippen molar-refractivity contribution in [2.24, 2.45) is 5.92 Å². The van der Waals surface area contributed by atoms with Crippen molar-refractivity contribution in [3.8, 4) is 0 Å². The van der Waals surface area contributed by atoms with Gasteiger partial charge in [-0.1, -0.05) is 6.42 Å². The van der Waals surface area contributed by atoms with Gasteiger partial charge in [-0.2, -0.15) is 0 Å². The van der Waals surface area contributed by atoms with Crippen molar-refractivity contribution in [1.82, 2.24) is 4.90 Å². The maximum atomic E-state index is 11.8. The van der Waals surface area contributed by atoms with Crippen LogP contribution >= 0.6 is 0 Å². The second-order valence-electron chi connectivity index (χ2n) is 4.99. The van der Waals surface area contributed by atoms with Gasteiger partial charge in [0.25, 0.3) is 5.91 Å². The highest BCUT2D eigenvalue weighted by Crippen LogP contribution is 2.52. The molecular formula is C11H17NO2. The van der Waals surface area contributed by atoms with Crippen molar-refractivity contribution < 1.29 is 9.90 Å². The van der Waals surface area contributed by atoms with E-state index >= 15 is 0 Å². The maximum absolute atomic E-state index is 11.8. The zero-order valence-electron chi connectivity index (χ0n) is 8.41. The van der Waals surface area contributed by atoms with Crippen molar-refractivity contribution in [3.63, 3.8) is 0 Å². The normalized spacial score (nSPS) is 46.6. The van der Waals surface area contributed by atoms with Crippen molar-refractivity contribution in [2.75, 3.05) is 6.54 Å². The van der Waals surface area contributed by atoms with E-state index in [1.54, 1.807) is 0 Å². The summed E-state index contributed by atoms with van der Waals surface area (Å²) in [4.78, 5) is 13.8. The van der Waals surface area contributed by atoms with E-state index in [1.165, 1.54) is 12.8 Å². The van der Waals surface area contributed by atoms with Crippen LogP contribution in [-0.2, 0) is 4.79 Å². The molecule has 3 aliphatic rings. The van der Waals surface area contributed by atoms with E-state index < -0.39 is 6.10 Å². The number of nitrogens with zero attached hydrogens (tertiary/aromatic N) is 1. The zero-order chi connectivity index (χ0) is 9.76. The fourth-order valence-corrected chi connectivity index (χ4v) is 3.90. The molecule has 1 spiro atoms. The van der Waals surface area contributed by atoms with Crippen molar-refractivity contribution in [3.05, 3.63) is 0 Å².